The molecule has 4 rings (SSSR count). The summed E-state index contributed by atoms with van der Waals surface area (Å²) in [5.41, 5.74) is 3.58. The maximum absolute atomic E-state index is 5.90. The normalized spacial score (nSPS) is 21.0. The van der Waals surface area contributed by atoms with Crippen LogP contribution in [0.25, 0.3) is 0 Å². The van der Waals surface area contributed by atoms with Gasteiger partial charge in [-0.1, -0.05) is 67.6 Å². The summed E-state index contributed by atoms with van der Waals surface area (Å²) in [6.07, 6.45) is 3.30. The fourth-order valence-electron chi connectivity index (χ4n) is 3.77. The van der Waals surface area contributed by atoms with Crippen LogP contribution in [0.15, 0.2) is 65.8 Å². The van der Waals surface area contributed by atoms with Crippen molar-refractivity contribution >= 4 is 23.0 Å². The first-order chi connectivity index (χ1) is 12.7. The lowest BCUT2D eigenvalue weighted by atomic mass is 9.98. The Hall–Kier alpha value is -2.20. The molecule has 0 bridgehead atoms. The number of benzene rings is 2. The first kappa shape index (κ1) is 17.2. The molecule has 4 heteroatoms. The molecular weight excluding hydrogens is 338 g/mol. The molecule has 1 unspecified atom stereocenters. The molecule has 2 aromatic carbocycles. The number of hydrogen-bond acceptors (Lipinski definition) is 2. The maximum atomic E-state index is 5.90. The van der Waals surface area contributed by atoms with E-state index in [1.165, 1.54) is 24.0 Å². The van der Waals surface area contributed by atoms with Crippen LogP contribution in [0.1, 0.15) is 43.4 Å². The number of nitrogens with zero attached hydrogens (tertiary/aromatic N) is 3. The van der Waals surface area contributed by atoms with Crippen LogP contribution in [0.5, 0.6) is 0 Å². The number of likely N-dealkylation sites (tertiary alicyclic amines) is 1. The minimum atomic E-state index is 0.179. The van der Waals surface area contributed by atoms with E-state index in [1.54, 1.807) is 0 Å². The summed E-state index contributed by atoms with van der Waals surface area (Å²) in [5.74, 6) is 0.793. The molecule has 1 saturated heterocycles. The third-order valence-corrected chi connectivity index (χ3v) is 5.90. The second-order valence-electron chi connectivity index (χ2n) is 7.34. The topological polar surface area (TPSA) is 18.8 Å². The number of piperidine rings is 1. The summed E-state index contributed by atoms with van der Waals surface area (Å²) in [6, 6.07) is 21.3. The van der Waals surface area contributed by atoms with Crippen LogP contribution in [-0.4, -0.2) is 33.8 Å². The molecule has 1 atom stereocenters. The smallest absolute Gasteiger partial charge is 0.192 e. The van der Waals surface area contributed by atoms with Gasteiger partial charge in [-0.05, 0) is 42.1 Å². The van der Waals surface area contributed by atoms with Crippen LogP contribution in [-0.2, 0) is 0 Å². The van der Waals surface area contributed by atoms with Crippen LogP contribution in [0, 0.1) is 5.92 Å². The van der Waals surface area contributed by atoms with Gasteiger partial charge in [-0.25, -0.2) is 5.01 Å². The molecular formula is C22H25N3S. The molecule has 2 aliphatic rings. The molecule has 0 aliphatic carbocycles. The van der Waals surface area contributed by atoms with E-state index in [-0.39, 0.29) is 6.04 Å². The Morgan fingerprint density at radius 3 is 2.23 bits per heavy atom. The molecule has 0 N–H and O–H groups in total. The van der Waals surface area contributed by atoms with Crippen molar-refractivity contribution in [3.8, 4) is 0 Å². The van der Waals surface area contributed by atoms with Gasteiger partial charge in [0.25, 0.3) is 0 Å². The van der Waals surface area contributed by atoms with Gasteiger partial charge in [0, 0.05) is 19.5 Å². The van der Waals surface area contributed by atoms with Gasteiger partial charge in [0.1, 0.15) is 0 Å². The monoisotopic (exact) mass is 363 g/mol. The molecule has 0 saturated carbocycles. The Kier molecular flexibility index (Phi) is 5.02. The standard InChI is InChI=1S/C22H25N3S/c1-17-12-14-24(15-13-17)22(26)25-21(19-10-6-3-7-11-19)16-20(23-25)18-8-4-2-5-9-18/h2-11,17,21H,12-16H2,1H3. The van der Waals surface area contributed by atoms with E-state index < -0.39 is 0 Å². The van der Waals surface area contributed by atoms with Crippen LogP contribution < -0.4 is 0 Å². The largest absolute Gasteiger partial charge is 0.348 e. The molecule has 134 valence electrons. The van der Waals surface area contributed by atoms with E-state index in [2.05, 4.69) is 71.4 Å². The average Bonchev–Trinajstić information content (AvgIpc) is 3.15. The van der Waals surface area contributed by atoms with Gasteiger partial charge in [-0.2, -0.15) is 5.10 Å². The highest BCUT2D eigenvalue weighted by molar-refractivity contribution is 7.80. The first-order valence-corrected chi connectivity index (χ1v) is 9.89. The Morgan fingerprint density at radius 2 is 1.58 bits per heavy atom. The van der Waals surface area contributed by atoms with Gasteiger partial charge in [-0.15, -0.1) is 0 Å². The van der Waals surface area contributed by atoms with E-state index >= 15 is 0 Å². The van der Waals surface area contributed by atoms with E-state index in [9.17, 15) is 0 Å². The van der Waals surface area contributed by atoms with Gasteiger partial charge in [0.2, 0.25) is 0 Å². The lowest BCUT2D eigenvalue weighted by molar-refractivity contribution is 0.239. The fourth-order valence-corrected chi connectivity index (χ4v) is 4.12. The Labute approximate surface area is 161 Å². The third kappa shape index (κ3) is 3.51. The molecule has 0 amide bonds. The average molecular weight is 364 g/mol. The van der Waals surface area contributed by atoms with Gasteiger partial charge in [0.05, 0.1) is 11.8 Å². The van der Waals surface area contributed by atoms with Gasteiger partial charge in [-0.3, -0.25) is 0 Å². The molecule has 2 aromatic rings. The number of hydrogen-bond donors (Lipinski definition) is 0. The number of hydrazone groups is 1. The van der Waals surface area contributed by atoms with Crippen molar-refractivity contribution in [2.24, 2.45) is 11.0 Å². The molecule has 0 radical (unpaired) electrons. The summed E-state index contributed by atoms with van der Waals surface area (Å²) >= 11 is 5.90. The number of thiocarbonyl (C=S) groups is 1. The van der Waals surface area contributed by atoms with Crippen LogP contribution in [0.2, 0.25) is 0 Å². The van der Waals surface area contributed by atoms with Gasteiger partial charge < -0.3 is 4.90 Å². The predicted octanol–water partition coefficient (Wildman–Crippen LogP) is 4.85. The summed E-state index contributed by atoms with van der Waals surface area (Å²) in [5, 5.41) is 7.94. The third-order valence-electron chi connectivity index (χ3n) is 5.45. The van der Waals surface area contributed by atoms with Crippen LogP contribution >= 0.6 is 12.2 Å². The Bertz CT molecular complexity index is 780. The van der Waals surface area contributed by atoms with E-state index in [0.29, 0.717) is 0 Å². The SMILES string of the molecule is CC1CCN(C(=S)N2N=C(c3ccccc3)CC2c2ccccc2)CC1. The lowest BCUT2D eigenvalue weighted by Crippen LogP contribution is -2.44. The van der Waals surface area contributed by atoms with Crippen LogP contribution in [0.4, 0.5) is 0 Å². The molecule has 2 aliphatic heterocycles. The Morgan fingerprint density at radius 1 is 0.962 bits per heavy atom. The molecule has 3 nitrogen and oxygen atoms in total. The molecule has 26 heavy (non-hydrogen) atoms. The zero-order chi connectivity index (χ0) is 17.9. The molecule has 1 fully saturated rings. The fraction of sp³-hybridized carbons (Fsp3) is 0.364. The van der Waals surface area contributed by atoms with Crippen LogP contribution in [0.3, 0.4) is 0 Å². The zero-order valence-electron chi connectivity index (χ0n) is 15.2. The van der Waals surface area contributed by atoms with E-state index in [4.69, 9.17) is 17.3 Å². The summed E-state index contributed by atoms with van der Waals surface area (Å²) < 4.78 is 0. The summed E-state index contributed by atoms with van der Waals surface area (Å²) in [6.45, 7) is 4.40. The first-order valence-electron chi connectivity index (χ1n) is 9.48. The van der Waals surface area contributed by atoms with Crippen molar-refractivity contribution in [3.63, 3.8) is 0 Å². The van der Waals surface area contributed by atoms with E-state index in [0.717, 1.165) is 36.3 Å². The second kappa shape index (κ2) is 7.58. The van der Waals surface area contributed by atoms with Crippen molar-refractivity contribution in [1.29, 1.82) is 0 Å². The predicted molar refractivity (Wildman–Crippen MR) is 111 cm³/mol. The van der Waals surface area contributed by atoms with Crippen molar-refractivity contribution in [2.75, 3.05) is 13.1 Å². The highest BCUT2D eigenvalue weighted by Crippen LogP contribution is 2.34. The number of rotatable bonds is 2. The maximum Gasteiger partial charge on any atom is 0.192 e. The lowest BCUT2D eigenvalue weighted by Gasteiger charge is -2.36. The highest BCUT2D eigenvalue weighted by atomic mass is 32.1. The van der Waals surface area contributed by atoms with E-state index in [1.807, 2.05) is 6.07 Å². The summed E-state index contributed by atoms with van der Waals surface area (Å²) in [7, 11) is 0. The zero-order valence-corrected chi connectivity index (χ0v) is 16.0. The van der Waals surface area contributed by atoms with Crippen molar-refractivity contribution < 1.29 is 0 Å². The molecule has 0 aromatic heterocycles. The quantitative estimate of drug-likeness (QED) is 0.711. The summed E-state index contributed by atoms with van der Waals surface area (Å²) in [4.78, 5) is 2.34. The van der Waals surface area contributed by atoms with Gasteiger partial charge >= 0.3 is 0 Å². The highest BCUT2D eigenvalue weighted by Gasteiger charge is 2.33. The second-order valence-corrected chi connectivity index (χ2v) is 7.71. The van der Waals surface area contributed by atoms with Gasteiger partial charge in [0.15, 0.2) is 5.11 Å². The Balaban J connectivity index is 1.63. The minimum Gasteiger partial charge on any atom is -0.348 e. The molecule has 0 spiro atoms. The van der Waals surface area contributed by atoms with Crippen molar-refractivity contribution in [1.82, 2.24) is 9.91 Å². The minimum absolute atomic E-state index is 0.179. The van der Waals surface area contributed by atoms with Crippen molar-refractivity contribution in [3.05, 3.63) is 71.8 Å². The molecule has 2 heterocycles. The van der Waals surface area contributed by atoms with Crippen molar-refractivity contribution in [2.45, 2.75) is 32.2 Å².